The van der Waals surface area contributed by atoms with Crippen molar-refractivity contribution in [3.8, 4) is 11.6 Å². The zero-order valence-electron chi connectivity index (χ0n) is 11.2. The maximum Gasteiger partial charge on any atom is 0.224 e. The van der Waals surface area contributed by atoms with Crippen LogP contribution in [0.5, 0.6) is 11.6 Å². The third-order valence-electron chi connectivity index (χ3n) is 2.87. The second kappa shape index (κ2) is 6.52. The normalized spacial score (nSPS) is 10.2. The van der Waals surface area contributed by atoms with Crippen LogP contribution in [0.3, 0.4) is 0 Å². The first kappa shape index (κ1) is 14.5. The molecule has 0 radical (unpaired) electrons. The number of rotatable bonds is 5. The van der Waals surface area contributed by atoms with Gasteiger partial charge >= 0.3 is 0 Å². The Morgan fingerprint density at radius 1 is 1.25 bits per heavy atom. The summed E-state index contributed by atoms with van der Waals surface area (Å²) >= 11 is 3.44. The van der Waals surface area contributed by atoms with Crippen LogP contribution in [0.2, 0.25) is 0 Å². The lowest BCUT2D eigenvalue weighted by atomic mass is 10.0. The van der Waals surface area contributed by atoms with Crippen molar-refractivity contribution in [1.82, 2.24) is 4.98 Å². The summed E-state index contributed by atoms with van der Waals surface area (Å²) in [5, 5.41) is 0. The predicted octanol–water partition coefficient (Wildman–Crippen LogP) is 3.29. The fourth-order valence-electron chi connectivity index (χ4n) is 1.85. The highest BCUT2D eigenvalue weighted by Crippen LogP contribution is 2.25. The van der Waals surface area contributed by atoms with E-state index in [9.17, 15) is 4.79 Å². The second-order valence-corrected chi connectivity index (χ2v) is 4.97. The Hall–Kier alpha value is -1.88. The van der Waals surface area contributed by atoms with Crippen LogP contribution < -0.4 is 9.47 Å². The summed E-state index contributed by atoms with van der Waals surface area (Å²) in [7, 11) is 3.10. The molecule has 0 amide bonds. The molecular weight excluding hydrogens is 322 g/mol. The molecule has 0 aliphatic heterocycles. The van der Waals surface area contributed by atoms with Crippen molar-refractivity contribution in [2.24, 2.45) is 0 Å². The van der Waals surface area contributed by atoms with Gasteiger partial charge in [-0.05, 0) is 35.9 Å². The van der Waals surface area contributed by atoms with Gasteiger partial charge in [0.25, 0.3) is 0 Å². The largest absolute Gasteiger partial charge is 0.497 e. The van der Waals surface area contributed by atoms with Gasteiger partial charge in [0, 0.05) is 17.1 Å². The molecular formula is C15H14BrNO3. The van der Waals surface area contributed by atoms with Gasteiger partial charge in [-0.15, -0.1) is 0 Å². The van der Waals surface area contributed by atoms with Crippen molar-refractivity contribution in [2.45, 2.75) is 6.42 Å². The van der Waals surface area contributed by atoms with Crippen LogP contribution in [0.1, 0.15) is 15.9 Å². The lowest BCUT2D eigenvalue weighted by Crippen LogP contribution is -2.07. The SMILES string of the molecule is COc1ccc(Br)c(CC(=O)c2cccnc2OC)c1. The number of carbonyl (C=O) groups is 1. The van der Waals surface area contributed by atoms with E-state index in [1.165, 1.54) is 7.11 Å². The maximum atomic E-state index is 12.4. The molecule has 0 saturated carbocycles. The molecule has 0 aliphatic rings. The molecule has 104 valence electrons. The Morgan fingerprint density at radius 2 is 2.05 bits per heavy atom. The summed E-state index contributed by atoms with van der Waals surface area (Å²) in [6.45, 7) is 0. The molecule has 2 rings (SSSR count). The molecule has 0 spiro atoms. The van der Waals surface area contributed by atoms with Gasteiger partial charge in [-0.25, -0.2) is 4.98 Å². The van der Waals surface area contributed by atoms with Crippen LogP contribution in [-0.4, -0.2) is 25.0 Å². The molecule has 1 aromatic heterocycles. The Labute approximate surface area is 125 Å². The first-order chi connectivity index (χ1) is 9.65. The van der Waals surface area contributed by atoms with Crippen LogP contribution in [0.4, 0.5) is 0 Å². The van der Waals surface area contributed by atoms with Crippen molar-refractivity contribution in [3.05, 3.63) is 52.1 Å². The number of carbonyl (C=O) groups excluding carboxylic acids is 1. The maximum absolute atomic E-state index is 12.4. The Bertz CT molecular complexity index is 628. The number of hydrogen-bond donors (Lipinski definition) is 0. The monoisotopic (exact) mass is 335 g/mol. The van der Waals surface area contributed by atoms with E-state index in [0.29, 0.717) is 17.2 Å². The molecule has 5 heteroatoms. The fourth-order valence-corrected chi connectivity index (χ4v) is 2.23. The molecule has 1 aromatic carbocycles. The topological polar surface area (TPSA) is 48.4 Å². The Morgan fingerprint density at radius 3 is 2.75 bits per heavy atom. The van der Waals surface area contributed by atoms with Crippen LogP contribution in [0, 0.1) is 0 Å². The fraction of sp³-hybridized carbons (Fsp3) is 0.200. The molecule has 0 atom stereocenters. The predicted molar refractivity (Wildman–Crippen MR) is 79.5 cm³/mol. The summed E-state index contributed by atoms with van der Waals surface area (Å²) in [6, 6.07) is 8.97. The molecule has 0 fully saturated rings. The van der Waals surface area contributed by atoms with Crippen molar-refractivity contribution < 1.29 is 14.3 Å². The van der Waals surface area contributed by atoms with Gasteiger partial charge in [0.15, 0.2) is 5.78 Å². The minimum atomic E-state index is -0.0519. The first-order valence-electron chi connectivity index (χ1n) is 6.00. The molecule has 2 aromatic rings. The lowest BCUT2D eigenvalue weighted by Gasteiger charge is -2.08. The first-order valence-corrected chi connectivity index (χ1v) is 6.79. The number of nitrogens with zero attached hydrogens (tertiary/aromatic N) is 1. The minimum absolute atomic E-state index is 0.0519. The van der Waals surface area contributed by atoms with Crippen LogP contribution in [-0.2, 0) is 6.42 Å². The van der Waals surface area contributed by atoms with E-state index in [2.05, 4.69) is 20.9 Å². The third-order valence-corrected chi connectivity index (χ3v) is 3.64. The number of ketones is 1. The Kier molecular flexibility index (Phi) is 4.74. The van der Waals surface area contributed by atoms with Crippen molar-refractivity contribution in [1.29, 1.82) is 0 Å². The number of aromatic nitrogens is 1. The quantitative estimate of drug-likeness (QED) is 0.786. The van der Waals surface area contributed by atoms with E-state index in [1.807, 2.05) is 18.2 Å². The smallest absolute Gasteiger partial charge is 0.224 e. The number of Topliss-reactive ketones (excluding diaryl/α,β-unsaturated/α-hetero) is 1. The van der Waals surface area contributed by atoms with E-state index < -0.39 is 0 Å². The summed E-state index contributed by atoms with van der Waals surface area (Å²) < 4.78 is 11.2. The Balaban J connectivity index is 2.27. The van der Waals surface area contributed by atoms with Gasteiger partial charge in [-0.3, -0.25) is 4.79 Å². The zero-order valence-corrected chi connectivity index (χ0v) is 12.8. The molecule has 4 nitrogen and oxygen atoms in total. The van der Waals surface area contributed by atoms with Gasteiger partial charge in [0.05, 0.1) is 19.8 Å². The average molecular weight is 336 g/mol. The van der Waals surface area contributed by atoms with Gasteiger partial charge in [0.1, 0.15) is 5.75 Å². The number of halogens is 1. The summed E-state index contributed by atoms with van der Waals surface area (Å²) in [6.07, 6.45) is 1.84. The van der Waals surface area contributed by atoms with Gasteiger partial charge < -0.3 is 9.47 Å². The van der Waals surface area contributed by atoms with E-state index in [-0.39, 0.29) is 12.2 Å². The number of benzene rings is 1. The molecule has 0 unspecified atom stereocenters. The highest BCUT2D eigenvalue weighted by Gasteiger charge is 2.15. The van der Waals surface area contributed by atoms with E-state index in [1.54, 1.807) is 25.4 Å². The summed E-state index contributed by atoms with van der Waals surface area (Å²) in [4.78, 5) is 16.4. The standard InChI is InChI=1S/C15H14BrNO3/c1-19-11-5-6-13(16)10(8-11)9-14(18)12-4-3-7-17-15(12)20-2/h3-8H,9H2,1-2H3. The van der Waals surface area contributed by atoms with Crippen molar-refractivity contribution in [3.63, 3.8) is 0 Å². The summed E-state index contributed by atoms with van der Waals surface area (Å²) in [5.41, 5.74) is 1.34. The van der Waals surface area contributed by atoms with E-state index in [0.717, 1.165) is 10.0 Å². The molecule has 0 bridgehead atoms. The molecule has 1 heterocycles. The van der Waals surface area contributed by atoms with Gasteiger partial charge in [-0.2, -0.15) is 0 Å². The third kappa shape index (κ3) is 3.17. The van der Waals surface area contributed by atoms with Crippen molar-refractivity contribution >= 4 is 21.7 Å². The van der Waals surface area contributed by atoms with E-state index >= 15 is 0 Å². The van der Waals surface area contributed by atoms with Gasteiger partial charge in [-0.1, -0.05) is 15.9 Å². The van der Waals surface area contributed by atoms with E-state index in [4.69, 9.17) is 9.47 Å². The second-order valence-electron chi connectivity index (χ2n) is 4.12. The number of ether oxygens (including phenoxy) is 2. The molecule has 0 saturated heterocycles. The van der Waals surface area contributed by atoms with Gasteiger partial charge in [0.2, 0.25) is 5.88 Å². The van der Waals surface area contributed by atoms with Crippen molar-refractivity contribution in [2.75, 3.05) is 14.2 Å². The lowest BCUT2D eigenvalue weighted by molar-refractivity contribution is 0.0989. The number of methoxy groups -OCH3 is 2. The zero-order chi connectivity index (χ0) is 14.5. The van der Waals surface area contributed by atoms with Crippen LogP contribution in [0.15, 0.2) is 41.0 Å². The summed E-state index contributed by atoms with van der Waals surface area (Å²) in [5.74, 6) is 1.01. The number of pyridine rings is 1. The average Bonchev–Trinajstić information content (AvgIpc) is 2.49. The van der Waals surface area contributed by atoms with Crippen LogP contribution in [0.25, 0.3) is 0 Å². The molecule has 0 N–H and O–H groups in total. The highest BCUT2D eigenvalue weighted by molar-refractivity contribution is 9.10. The molecule has 0 aliphatic carbocycles. The minimum Gasteiger partial charge on any atom is -0.497 e. The highest BCUT2D eigenvalue weighted by atomic mass is 79.9. The van der Waals surface area contributed by atoms with Crippen LogP contribution >= 0.6 is 15.9 Å². The number of hydrogen-bond acceptors (Lipinski definition) is 4. The molecule has 20 heavy (non-hydrogen) atoms.